The molecular formula is C16H13ClN6O2S. The number of nitrogens with two attached hydrogens (primary N) is 4. The van der Waals surface area contributed by atoms with E-state index in [-0.39, 0.29) is 32.7 Å². The van der Waals surface area contributed by atoms with Crippen LogP contribution >= 0.6 is 22.9 Å². The van der Waals surface area contributed by atoms with Crippen LogP contribution in [0.25, 0.3) is 21.3 Å². The van der Waals surface area contributed by atoms with Gasteiger partial charge >= 0.3 is 0 Å². The van der Waals surface area contributed by atoms with Crippen molar-refractivity contribution in [3.05, 3.63) is 27.6 Å². The maximum atomic E-state index is 11.6. The minimum Gasteiger partial charge on any atom is -0.495 e. The van der Waals surface area contributed by atoms with Gasteiger partial charge in [0.1, 0.15) is 37.9 Å². The van der Waals surface area contributed by atoms with Crippen molar-refractivity contribution < 1.29 is 9.53 Å². The zero-order valence-corrected chi connectivity index (χ0v) is 15.0. The van der Waals surface area contributed by atoms with Crippen LogP contribution in [0.1, 0.15) is 15.2 Å². The molecule has 0 fully saturated rings. The van der Waals surface area contributed by atoms with Crippen molar-refractivity contribution in [1.82, 2.24) is 4.98 Å². The van der Waals surface area contributed by atoms with Gasteiger partial charge in [-0.05, 0) is 12.1 Å². The molecule has 0 aliphatic heterocycles. The van der Waals surface area contributed by atoms with Crippen LogP contribution in [0.15, 0.2) is 12.1 Å². The van der Waals surface area contributed by atoms with Gasteiger partial charge in [0.15, 0.2) is 0 Å². The number of nitriles is 1. The lowest BCUT2D eigenvalue weighted by Crippen LogP contribution is -2.10. The number of fused-ring (bicyclic) bond motifs is 1. The van der Waals surface area contributed by atoms with Crippen molar-refractivity contribution in [1.29, 1.82) is 5.26 Å². The number of rotatable bonds is 3. The summed E-state index contributed by atoms with van der Waals surface area (Å²) in [6.45, 7) is 0. The number of ether oxygens (including phenoxy) is 1. The lowest BCUT2D eigenvalue weighted by atomic mass is 9.95. The van der Waals surface area contributed by atoms with Crippen molar-refractivity contribution in [2.75, 3.05) is 24.3 Å². The largest absolute Gasteiger partial charge is 0.495 e. The topological polar surface area (TPSA) is 167 Å². The lowest BCUT2D eigenvalue weighted by molar-refractivity contribution is 0.100. The van der Waals surface area contributed by atoms with Crippen LogP contribution in [-0.2, 0) is 0 Å². The SMILES string of the molecule is COc1ccc(-c2c(C#N)c(N)nc3sc(C(N)=O)c(N)c23)c(N)c1Cl. The number of methoxy groups -OCH3 is 1. The van der Waals surface area contributed by atoms with Gasteiger partial charge in [0.2, 0.25) is 0 Å². The van der Waals surface area contributed by atoms with Crippen LogP contribution in [-0.4, -0.2) is 18.0 Å². The van der Waals surface area contributed by atoms with E-state index in [1.807, 2.05) is 6.07 Å². The Balaban J connectivity index is 2.51. The Morgan fingerprint density at radius 3 is 2.58 bits per heavy atom. The smallest absolute Gasteiger partial charge is 0.260 e. The number of nitrogens with zero attached hydrogens (tertiary/aromatic N) is 2. The van der Waals surface area contributed by atoms with E-state index < -0.39 is 5.91 Å². The maximum absolute atomic E-state index is 11.6. The first-order chi connectivity index (χ1) is 12.3. The van der Waals surface area contributed by atoms with Gasteiger partial charge in [-0.15, -0.1) is 11.3 Å². The summed E-state index contributed by atoms with van der Waals surface area (Å²) in [6, 6.07) is 5.25. The van der Waals surface area contributed by atoms with Crippen molar-refractivity contribution in [2.45, 2.75) is 0 Å². The van der Waals surface area contributed by atoms with E-state index >= 15 is 0 Å². The second-order valence-corrected chi connectivity index (χ2v) is 6.67. The van der Waals surface area contributed by atoms with Crippen LogP contribution in [0.2, 0.25) is 5.02 Å². The van der Waals surface area contributed by atoms with E-state index in [1.165, 1.54) is 7.11 Å². The van der Waals surface area contributed by atoms with E-state index in [4.69, 9.17) is 39.3 Å². The van der Waals surface area contributed by atoms with Gasteiger partial charge in [-0.25, -0.2) is 4.98 Å². The van der Waals surface area contributed by atoms with Gasteiger partial charge in [-0.1, -0.05) is 11.6 Å². The molecule has 8 nitrogen and oxygen atoms in total. The molecule has 26 heavy (non-hydrogen) atoms. The number of pyridine rings is 1. The molecule has 8 N–H and O–H groups in total. The second kappa shape index (κ2) is 6.25. The molecule has 0 radical (unpaired) electrons. The second-order valence-electron chi connectivity index (χ2n) is 5.29. The molecule has 3 rings (SSSR count). The number of hydrogen-bond acceptors (Lipinski definition) is 8. The van der Waals surface area contributed by atoms with Gasteiger partial charge < -0.3 is 27.7 Å². The molecule has 0 atom stereocenters. The summed E-state index contributed by atoms with van der Waals surface area (Å²) in [5.74, 6) is -0.339. The van der Waals surface area contributed by atoms with E-state index in [2.05, 4.69) is 4.98 Å². The third kappa shape index (κ3) is 2.44. The summed E-state index contributed by atoms with van der Waals surface area (Å²) in [5, 5.41) is 10.1. The number of halogens is 1. The minimum atomic E-state index is -0.700. The number of benzene rings is 1. The van der Waals surface area contributed by atoms with Crippen LogP contribution in [0, 0.1) is 11.3 Å². The van der Waals surface area contributed by atoms with Crippen LogP contribution in [0.4, 0.5) is 17.2 Å². The van der Waals surface area contributed by atoms with Gasteiger partial charge in [-0.3, -0.25) is 4.79 Å². The highest BCUT2D eigenvalue weighted by molar-refractivity contribution is 7.21. The fourth-order valence-corrected chi connectivity index (χ4v) is 3.89. The Labute approximate surface area is 156 Å². The fourth-order valence-electron chi connectivity index (χ4n) is 2.68. The molecule has 0 spiro atoms. The average Bonchev–Trinajstić information content (AvgIpc) is 2.93. The Bertz CT molecular complexity index is 1120. The average molecular weight is 389 g/mol. The summed E-state index contributed by atoms with van der Waals surface area (Å²) >= 11 is 7.24. The monoisotopic (exact) mass is 388 g/mol. The molecule has 10 heteroatoms. The van der Waals surface area contributed by atoms with Crippen molar-refractivity contribution >= 4 is 56.3 Å². The number of amides is 1. The van der Waals surface area contributed by atoms with Crippen LogP contribution in [0.3, 0.4) is 0 Å². The number of thiophene rings is 1. The van der Waals surface area contributed by atoms with Gasteiger partial charge in [0, 0.05) is 16.5 Å². The summed E-state index contributed by atoms with van der Waals surface area (Å²) in [4.78, 5) is 16.3. The first-order valence-electron chi connectivity index (χ1n) is 7.15. The van der Waals surface area contributed by atoms with Gasteiger partial charge in [0.05, 0.1) is 18.5 Å². The normalized spacial score (nSPS) is 10.7. The highest BCUT2D eigenvalue weighted by Gasteiger charge is 2.25. The predicted molar refractivity (Wildman–Crippen MR) is 103 cm³/mol. The molecule has 1 amide bonds. The van der Waals surface area contributed by atoms with Gasteiger partial charge in [0.25, 0.3) is 5.91 Å². The Morgan fingerprint density at radius 1 is 1.31 bits per heavy atom. The number of nitrogen functional groups attached to an aromatic ring is 3. The summed E-state index contributed by atoms with van der Waals surface area (Å²) < 4.78 is 5.15. The van der Waals surface area contributed by atoms with E-state index in [9.17, 15) is 10.1 Å². The summed E-state index contributed by atoms with van der Waals surface area (Å²) in [7, 11) is 1.46. The van der Waals surface area contributed by atoms with Crippen LogP contribution in [0.5, 0.6) is 5.75 Å². The number of hydrogen-bond donors (Lipinski definition) is 4. The lowest BCUT2D eigenvalue weighted by Gasteiger charge is -2.14. The number of carbonyl (C=O) groups is 1. The third-order valence-corrected chi connectivity index (χ3v) is 5.38. The molecule has 1 aromatic carbocycles. The quantitative estimate of drug-likeness (QED) is 0.499. The third-order valence-electron chi connectivity index (χ3n) is 3.87. The number of anilines is 3. The molecule has 2 aromatic heterocycles. The van der Waals surface area contributed by atoms with Crippen molar-refractivity contribution in [3.8, 4) is 22.9 Å². The molecule has 132 valence electrons. The first kappa shape index (κ1) is 17.6. The number of primary amides is 1. The Kier molecular flexibility index (Phi) is 4.23. The maximum Gasteiger partial charge on any atom is 0.260 e. The molecule has 3 aromatic rings. The molecule has 2 heterocycles. The molecule has 0 bridgehead atoms. The molecular weight excluding hydrogens is 376 g/mol. The van der Waals surface area contributed by atoms with Crippen molar-refractivity contribution in [3.63, 3.8) is 0 Å². The van der Waals surface area contributed by atoms with E-state index in [0.717, 1.165) is 11.3 Å². The molecule has 0 unspecified atom stereocenters. The molecule has 0 saturated carbocycles. The highest BCUT2D eigenvalue weighted by atomic mass is 35.5. The highest BCUT2D eigenvalue weighted by Crippen LogP contribution is 2.46. The Morgan fingerprint density at radius 2 is 2.00 bits per heavy atom. The zero-order valence-electron chi connectivity index (χ0n) is 13.5. The molecule has 0 aliphatic carbocycles. The number of carbonyl (C=O) groups excluding carboxylic acids is 1. The predicted octanol–water partition coefficient (Wildman–Crippen LogP) is 2.34. The van der Waals surface area contributed by atoms with E-state index in [0.29, 0.717) is 27.1 Å². The Hall–Kier alpha value is -3.22. The summed E-state index contributed by atoms with van der Waals surface area (Å²) in [5.41, 5.74) is 24.7. The fraction of sp³-hybridized carbons (Fsp3) is 0.0625. The first-order valence-corrected chi connectivity index (χ1v) is 8.34. The van der Waals surface area contributed by atoms with Crippen LogP contribution < -0.4 is 27.7 Å². The zero-order chi connectivity index (χ0) is 19.2. The number of aromatic nitrogens is 1. The standard InChI is InChI=1S/C16H13ClN6O2S/c1-25-7-3-2-5(11(19)10(7)17)8-6(4-18)14(21)23-16-9(8)12(20)13(26-16)15(22)24/h2-3H,19-20H2,1H3,(H2,21,23)(H2,22,24). The summed E-state index contributed by atoms with van der Waals surface area (Å²) in [6.07, 6.45) is 0. The van der Waals surface area contributed by atoms with E-state index in [1.54, 1.807) is 12.1 Å². The minimum absolute atomic E-state index is 0.0152. The molecule has 0 aliphatic rings. The van der Waals surface area contributed by atoms with Gasteiger partial charge in [-0.2, -0.15) is 5.26 Å². The van der Waals surface area contributed by atoms with Crippen molar-refractivity contribution in [2.24, 2.45) is 5.73 Å². The molecule has 0 saturated heterocycles.